The summed E-state index contributed by atoms with van der Waals surface area (Å²) in [6, 6.07) is 7.28. The van der Waals surface area contributed by atoms with Crippen molar-refractivity contribution in [2.75, 3.05) is 18.5 Å². The lowest BCUT2D eigenvalue weighted by atomic mass is 10.3. The molecular formula is C16H22N2O4S. The van der Waals surface area contributed by atoms with E-state index in [2.05, 4.69) is 10.6 Å². The van der Waals surface area contributed by atoms with Crippen molar-refractivity contribution in [1.29, 1.82) is 0 Å². The summed E-state index contributed by atoms with van der Waals surface area (Å²) in [6.07, 6.45) is 0.812. The van der Waals surface area contributed by atoms with Crippen molar-refractivity contribution in [3.8, 4) is 5.75 Å². The molecule has 7 heteroatoms. The van der Waals surface area contributed by atoms with Crippen LogP contribution in [0.15, 0.2) is 24.3 Å². The van der Waals surface area contributed by atoms with Gasteiger partial charge in [0.25, 0.3) is 0 Å². The minimum Gasteiger partial charge on any atom is -0.492 e. The molecule has 0 atom stereocenters. The summed E-state index contributed by atoms with van der Waals surface area (Å²) in [5, 5.41) is 5.59. The second kappa shape index (κ2) is 10.6. The molecule has 2 N–H and O–H groups in total. The molecule has 0 unspecified atom stereocenters. The summed E-state index contributed by atoms with van der Waals surface area (Å²) in [4.78, 5) is 23.1. The van der Waals surface area contributed by atoms with Gasteiger partial charge >= 0.3 is 5.97 Å². The number of para-hydroxylation sites is 2. The van der Waals surface area contributed by atoms with Gasteiger partial charge in [0.05, 0.1) is 25.3 Å². The van der Waals surface area contributed by atoms with Crippen LogP contribution in [0, 0.1) is 0 Å². The van der Waals surface area contributed by atoms with Crippen LogP contribution < -0.4 is 15.4 Å². The van der Waals surface area contributed by atoms with Gasteiger partial charge in [0.1, 0.15) is 5.75 Å². The van der Waals surface area contributed by atoms with E-state index in [4.69, 9.17) is 21.7 Å². The van der Waals surface area contributed by atoms with Crippen molar-refractivity contribution in [2.45, 2.75) is 33.1 Å². The molecule has 6 nitrogen and oxygen atoms in total. The third-order valence-electron chi connectivity index (χ3n) is 2.71. The maximum Gasteiger partial charge on any atom is 0.306 e. The molecule has 1 amide bonds. The maximum atomic E-state index is 11.8. The second-order valence-corrected chi connectivity index (χ2v) is 5.06. The largest absolute Gasteiger partial charge is 0.492 e. The van der Waals surface area contributed by atoms with E-state index in [1.54, 1.807) is 12.1 Å². The van der Waals surface area contributed by atoms with Gasteiger partial charge in [0.2, 0.25) is 5.91 Å². The fourth-order valence-electron chi connectivity index (χ4n) is 1.70. The van der Waals surface area contributed by atoms with Gasteiger partial charge in [-0.2, -0.15) is 0 Å². The van der Waals surface area contributed by atoms with Crippen molar-refractivity contribution in [3.63, 3.8) is 0 Å². The number of ether oxygens (including phenoxy) is 2. The molecule has 0 bridgehead atoms. The highest BCUT2D eigenvalue weighted by molar-refractivity contribution is 7.80. The van der Waals surface area contributed by atoms with Gasteiger partial charge in [-0.3, -0.25) is 9.59 Å². The Morgan fingerprint density at radius 2 is 1.91 bits per heavy atom. The maximum absolute atomic E-state index is 11.8. The first-order valence-electron chi connectivity index (χ1n) is 7.55. The van der Waals surface area contributed by atoms with Gasteiger partial charge in [-0.25, -0.2) is 0 Å². The van der Waals surface area contributed by atoms with E-state index < -0.39 is 0 Å². The van der Waals surface area contributed by atoms with E-state index >= 15 is 0 Å². The Bertz CT molecular complexity index is 549. The molecule has 0 saturated carbocycles. The highest BCUT2D eigenvalue weighted by Gasteiger charge is 2.10. The highest BCUT2D eigenvalue weighted by Crippen LogP contribution is 2.23. The lowest BCUT2D eigenvalue weighted by Crippen LogP contribution is -2.34. The van der Waals surface area contributed by atoms with Crippen LogP contribution in [-0.2, 0) is 14.3 Å². The quantitative estimate of drug-likeness (QED) is 0.560. The Morgan fingerprint density at radius 1 is 1.17 bits per heavy atom. The first kappa shape index (κ1) is 18.9. The lowest BCUT2D eigenvalue weighted by molar-refractivity contribution is -0.144. The SMILES string of the molecule is CCCOC(=O)CCC(=O)NC(=S)Nc1ccccc1OCC. The zero-order valence-corrected chi connectivity index (χ0v) is 14.2. The van der Waals surface area contributed by atoms with Crippen LogP contribution in [0.4, 0.5) is 5.69 Å². The van der Waals surface area contributed by atoms with E-state index in [-0.39, 0.29) is 29.8 Å². The predicted molar refractivity (Wildman–Crippen MR) is 92.5 cm³/mol. The number of carbonyl (C=O) groups is 2. The summed E-state index contributed by atoms with van der Waals surface area (Å²) in [5.41, 5.74) is 0.669. The molecule has 0 spiro atoms. The van der Waals surface area contributed by atoms with Crippen LogP contribution in [0.2, 0.25) is 0 Å². The van der Waals surface area contributed by atoms with Gasteiger partial charge in [0, 0.05) is 6.42 Å². The Balaban J connectivity index is 2.41. The minimum atomic E-state index is -0.387. The molecule has 0 aromatic heterocycles. The van der Waals surface area contributed by atoms with E-state index in [1.807, 2.05) is 26.0 Å². The number of hydrogen-bond donors (Lipinski definition) is 2. The molecule has 0 aliphatic rings. The van der Waals surface area contributed by atoms with Crippen molar-refractivity contribution in [2.24, 2.45) is 0 Å². The fraction of sp³-hybridized carbons (Fsp3) is 0.438. The molecule has 23 heavy (non-hydrogen) atoms. The number of anilines is 1. The molecule has 1 aromatic rings. The minimum absolute atomic E-state index is 0.0253. The van der Waals surface area contributed by atoms with E-state index in [0.29, 0.717) is 24.7 Å². The molecule has 1 aromatic carbocycles. The molecule has 0 heterocycles. The Morgan fingerprint density at radius 3 is 2.61 bits per heavy atom. The van der Waals surface area contributed by atoms with Gasteiger partial charge in [-0.15, -0.1) is 0 Å². The van der Waals surface area contributed by atoms with Crippen LogP contribution in [0.1, 0.15) is 33.1 Å². The van der Waals surface area contributed by atoms with Crippen LogP contribution >= 0.6 is 12.2 Å². The number of nitrogens with one attached hydrogen (secondary N) is 2. The number of hydrogen-bond acceptors (Lipinski definition) is 5. The van der Waals surface area contributed by atoms with Gasteiger partial charge in [0.15, 0.2) is 5.11 Å². The first-order valence-corrected chi connectivity index (χ1v) is 7.95. The van der Waals surface area contributed by atoms with Gasteiger partial charge in [-0.05, 0) is 37.7 Å². The van der Waals surface area contributed by atoms with Crippen molar-refractivity contribution in [1.82, 2.24) is 5.32 Å². The number of rotatable bonds is 8. The average molecular weight is 338 g/mol. The molecule has 0 aliphatic heterocycles. The standard InChI is InChI=1S/C16H22N2O4S/c1-3-11-22-15(20)10-9-14(19)18-16(23)17-12-7-5-6-8-13(12)21-4-2/h5-8H,3-4,9-11H2,1-2H3,(H2,17,18,19,23). The van der Waals surface area contributed by atoms with Crippen molar-refractivity contribution < 1.29 is 19.1 Å². The smallest absolute Gasteiger partial charge is 0.306 e. The van der Waals surface area contributed by atoms with Crippen LogP contribution in [0.3, 0.4) is 0 Å². The summed E-state index contributed by atoms with van der Waals surface area (Å²) in [7, 11) is 0. The fourth-order valence-corrected chi connectivity index (χ4v) is 1.92. The summed E-state index contributed by atoms with van der Waals surface area (Å²) in [6.45, 7) is 4.69. The van der Waals surface area contributed by atoms with Crippen LogP contribution in [0.5, 0.6) is 5.75 Å². The molecular weight excluding hydrogens is 316 g/mol. The third kappa shape index (κ3) is 7.60. The predicted octanol–water partition coefficient (Wildman–Crippen LogP) is 2.63. The van der Waals surface area contributed by atoms with E-state index in [9.17, 15) is 9.59 Å². The highest BCUT2D eigenvalue weighted by atomic mass is 32.1. The molecule has 0 fully saturated rings. The third-order valence-corrected chi connectivity index (χ3v) is 2.92. The number of amides is 1. The Hall–Kier alpha value is -2.15. The topological polar surface area (TPSA) is 76.7 Å². The number of esters is 1. The van der Waals surface area contributed by atoms with Crippen LogP contribution in [0.25, 0.3) is 0 Å². The normalized spacial score (nSPS) is 9.83. The van der Waals surface area contributed by atoms with Crippen molar-refractivity contribution in [3.05, 3.63) is 24.3 Å². The Kier molecular flexibility index (Phi) is 8.67. The molecule has 0 aliphatic carbocycles. The van der Waals surface area contributed by atoms with Crippen LogP contribution in [-0.4, -0.2) is 30.2 Å². The number of thiocarbonyl (C=S) groups is 1. The number of carbonyl (C=O) groups excluding carboxylic acids is 2. The van der Waals surface area contributed by atoms with E-state index in [0.717, 1.165) is 6.42 Å². The average Bonchev–Trinajstić information content (AvgIpc) is 2.53. The van der Waals surface area contributed by atoms with Gasteiger partial charge < -0.3 is 20.1 Å². The van der Waals surface area contributed by atoms with E-state index in [1.165, 1.54) is 0 Å². The number of benzene rings is 1. The first-order chi connectivity index (χ1) is 11.1. The summed E-state index contributed by atoms with van der Waals surface area (Å²) in [5.74, 6) is -0.0813. The molecule has 1 rings (SSSR count). The second-order valence-electron chi connectivity index (χ2n) is 4.65. The molecule has 0 saturated heterocycles. The molecule has 0 radical (unpaired) electrons. The summed E-state index contributed by atoms with van der Waals surface area (Å²) >= 11 is 5.09. The monoisotopic (exact) mass is 338 g/mol. The molecule has 126 valence electrons. The lowest BCUT2D eigenvalue weighted by Gasteiger charge is -2.13. The van der Waals surface area contributed by atoms with Gasteiger partial charge in [-0.1, -0.05) is 19.1 Å². The van der Waals surface area contributed by atoms with Crippen molar-refractivity contribution >= 4 is 34.9 Å². The summed E-state index contributed by atoms with van der Waals surface area (Å²) < 4.78 is 10.4. The zero-order chi connectivity index (χ0) is 17.1. The Labute approximate surface area is 141 Å². The zero-order valence-electron chi connectivity index (χ0n) is 13.4.